The number of aromatic nitrogens is 4. The second kappa shape index (κ2) is 10.6. The van der Waals surface area contributed by atoms with E-state index in [4.69, 9.17) is 9.97 Å². The number of aromatic amines is 2. The van der Waals surface area contributed by atoms with Crippen LogP contribution in [0.1, 0.15) is 28.3 Å². The highest BCUT2D eigenvalue weighted by molar-refractivity contribution is 6.00. The molecule has 0 saturated carbocycles. The third-order valence-corrected chi connectivity index (χ3v) is 7.38. The highest BCUT2D eigenvalue weighted by Crippen LogP contribution is 2.33. The van der Waals surface area contributed by atoms with Crippen LogP contribution in [0.15, 0.2) is 96.6 Å². The molecule has 0 amide bonds. The maximum atomic E-state index is 11.9. The average Bonchev–Trinajstić information content (AvgIpc) is 3.85. The smallest absolute Gasteiger partial charge is 0.346 e. The molecular formula is C36H23N5O2. The molecule has 0 fully saturated rings. The van der Waals surface area contributed by atoms with Gasteiger partial charge < -0.3 is 15.1 Å². The predicted octanol–water partition coefficient (Wildman–Crippen LogP) is 7.98. The molecule has 7 nitrogen and oxygen atoms in total. The topological polar surface area (TPSA) is 118 Å². The van der Waals surface area contributed by atoms with Crippen molar-refractivity contribution in [3.05, 3.63) is 125 Å². The van der Waals surface area contributed by atoms with Crippen molar-refractivity contribution in [1.82, 2.24) is 19.9 Å². The van der Waals surface area contributed by atoms with Crippen LogP contribution >= 0.6 is 0 Å². The molecule has 2 aliphatic heterocycles. The second-order valence-corrected chi connectivity index (χ2v) is 10.1. The Morgan fingerprint density at radius 2 is 1.28 bits per heavy atom. The minimum Gasteiger partial charge on any atom is -0.477 e. The number of carboxylic acid groups (broad SMARTS) is 1. The van der Waals surface area contributed by atoms with E-state index in [1.165, 1.54) is 6.08 Å². The third-order valence-electron chi connectivity index (χ3n) is 7.38. The van der Waals surface area contributed by atoms with Crippen molar-refractivity contribution in [2.45, 2.75) is 0 Å². The van der Waals surface area contributed by atoms with Crippen molar-refractivity contribution in [3.63, 3.8) is 0 Å². The van der Waals surface area contributed by atoms with Crippen LogP contribution in [0.25, 0.3) is 74.7 Å². The van der Waals surface area contributed by atoms with E-state index in [2.05, 4.69) is 9.97 Å². The Kier molecular flexibility index (Phi) is 6.34. The lowest BCUT2D eigenvalue weighted by Gasteiger charge is -2.04. The summed E-state index contributed by atoms with van der Waals surface area (Å²) in [6.07, 6.45) is 9.11. The fourth-order valence-electron chi connectivity index (χ4n) is 5.42. The van der Waals surface area contributed by atoms with E-state index in [9.17, 15) is 15.2 Å². The van der Waals surface area contributed by atoms with Gasteiger partial charge in [-0.2, -0.15) is 5.26 Å². The molecule has 8 bridgehead atoms. The molecule has 5 heterocycles. The van der Waals surface area contributed by atoms with Gasteiger partial charge in [-0.05, 0) is 71.8 Å². The average molecular weight is 558 g/mol. The predicted molar refractivity (Wildman–Crippen MR) is 171 cm³/mol. The summed E-state index contributed by atoms with van der Waals surface area (Å²) in [5.74, 6) is -1.31. The summed E-state index contributed by atoms with van der Waals surface area (Å²) in [5, 5.41) is 19.4. The van der Waals surface area contributed by atoms with Gasteiger partial charge in [0.2, 0.25) is 0 Å². The van der Waals surface area contributed by atoms with E-state index in [1.807, 2.05) is 121 Å². The molecule has 0 unspecified atom stereocenters. The zero-order chi connectivity index (χ0) is 29.3. The van der Waals surface area contributed by atoms with Gasteiger partial charge >= 0.3 is 5.97 Å². The number of carboxylic acids is 1. The highest BCUT2D eigenvalue weighted by Gasteiger charge is 2.16. The van der Waals surface area contributed by atoms with Crippen molar-refractivity contribution >= 4 is 58.4 Å². The van der Waals surface area contributed by atoms with Crippen LogP contribution in [0.3, 0.4) is 0 Å². The molecule has 2 aromatic carbocycles. The largest absolute Gasteiger partial charge is 0.477 e. The number of rotatable bonds is 4. The minimum atomic E-state index is -1.31. The fourth-order valence-corrected chi connectivity index (χ4v) is 5.42. The Hall–Kier alpha value is -6.26. The molecule has 43 heavy (non-hydrogen) atoms. The van der Waals surface area contributed by atoms with Crippen LogP contribution in [-0.4, -0.2) is 31.0 Å². The van der Waals surface area contributed by atoms with Gasteiger partial charge in [-0.25, -0.2) is 14.8 Å². The van der Waals surface area contributed by atoms with Gasteiger partial charge in [-0.1, -0.05) is 60.7 Å². The van der Waals surface area contributed by atoms with Crippen LogP contribution in [-0.2, 0) is 4.79 Å². The Morgan fingerprint density at radius 3 is 1.95 bits per heavy atom. The fraction of sp³-hybridized carbons (Fsp3) is 0. The molecule has 5 aromatic rings. The summed E-state index contributed by atoms with van der Waals surface area (Å²) < 4.78 is 0. The lowest BCUT2D eigenvalue weighted by molar-refractivity contribution is -0.132. The number of aliphatic carboxylic acids is 1. The van der Waals surface area contributed by atoms with Gasteiger partial charge in [0.25, 0.3) is 0 Å². The summed E-state index contributed by atoms with van der Waals surface area (Å²) in [7, 11) is 0. The number of hydrogen-bond acceptors (Lipinski definition) is 4. The van der Waals surface area contributed by atoms with Crippen LogP contribution in [0.5, 0.6) is 0 Å². The van der Waals surface area contributed by atoms with Crippen molar-refractivity contribution < 1.29 is 9.90 Å². The number of nitrogens with one attached hydrogen (secondary N) is 2. The zero-order valence-corrected chi connectivity index (χ0v) is 22.7. The third kappa shape index (κ3) is 4.83. The monoisotopic (exact) mass is 557 g/mol. The number of benzene rings is 2. The van der Waals surface area contributed by atoms with Gasteiger partial charge in [0.05, 0.1) is 22.8 Å². The lowest BCUT2D eigenvalue weighted by Crippen LogP contribution is -1.98. The molecule has 0 radical (unpaired) electrons. The van der Waals surface area contributed by atoms with Crippen molar-refractivity contribution in [1.29, 1.82) is 5.26 Å². The van der Waals surface area contributed by atoms with Gasteiger partial charge in [0, 0.05) is 38.8 Å². The van der Waals surface area contributed by atoms with E-state index in [0.717, 1.165) is 50.2 Å². The van der Waals surface area contributed by atoms with Crippen LogP contribution in [0.4, 0.5) is 0 Å². The summed E-state index contributed by atoms with van der Waals surface area (Å²) in [5.41, 5.74) is 9.84. The maximum absolute atomic E-state index is 11.9. The number of fused-ring (bicyclic) bond motifs is 8. The number of H-pyrrole nitrogens is 2. The second-order valence-electron chi connectivity index (χ2n) is 10.1. The normalized spacial score (nSPS) is 12.3. The zero-order valence-electron chi connectivity index (χ0n) is 22.7. The van der Waals surface area contributed by atoms with Crippen molar-refractivity contribution in [2.24, 2.45) is 0 Å². The minimum absolute atomic E-state index is 0.392. The van der Waals surface area contributed by atoms with E-state index >= 15 is 0 Å². The lowest BCUT2D eigenvalue weighted by atomic mass is 10.0. The highest BCUT2D eigenvalue weighted by atomic mass is 16.4. The summed E-state index contributed by atoms with van der Waals surface area (Å²) in [4.78, 5) is 28.9. The standard InChI is InChI=1S/C36H23N5O2/c37-21-24(36(42)43)19-27-28-15-17-32(40-28)34(22-7-3-1-4-8-22)30-13-11-25(38-30)20-26-12-14-31(39-26)35(23-9-5-2-6-10-23)33-18-16-29(27)41-33/h1-20,38,41H,(H,42,43)/b24-19+,25-20?,26-20?,28-27?,29-27?,34-30?,34-32?,35-31?,35-33?. The van der Waals surface area contributed by atoms with Crippen molar-refractivity contribution in [2.75, 3.05) is 0 Å². The molecule has 204 valence electrons. The van der Waals surface area contributed by atoms with E-state index in [1.54, 1.807) is 0 Å². The Morgan fingerprint density at radius 1 is 0.698 bits per heavy atom. The first-order valence-corrected chi connectivity index (χ1v) is 13.7. The van der Waals surface area contributed by atoms with Gasteiger partial charge in [-0.3, -0.25) is 0 Å². The summed E-state index contributed by atoms with van der Waals surface area (Å²) in [6, 6.07) is 31.6. The number of nitrogens with zero attached hydrogens (tertiary/aromatic N) is 3. The molecule has 3 aromatic heterocycles. The van der Waals surface area contributed by atoms with Gasteiger partial charge in [-0.15, -0.1) is 0 Å². The maximum Gasteiger partial charge on any atom is 0.346 e. The molecule has 2 aliphatic rings. The van der Waals surface area contributed by atoms with E-state index in [0.29, 0.717) is 22.5 Å². The van der Waals surface area contributed by atoms with E-state index in [-0.39, 0.29) is 0 Å². The Labute approximate surface area is 246 Å². The van der Waals surface area contributed by atoms with Crippen LogP contribution in [0.2, 0.25) is 0 Å². The summed E-state index contributed by atoms with van der Waals surface area (Å²) >= 11 is 0. The van der Waals surface area contributed by atoms with Gasteiger partial charge in [0.15, 0.2) is 0 Å². The first-order chi connectivity index (χ1) is 21.1. The number of nitriles is 1. The molecule has 0 saturated heterocycles. The van der Waals surface area contributed by atoms with Gasteiger partial charge in [0.1, 0.15) is 11.6 Å². The number of carbonyl (C=O) groups is 1. The molecular weight excluding hydrogens is 534 g/mol. The quantitative estimate of drug-likeness (QED) is 0.150. The molecule has 7 rings (SSSR count). The first-order valence-electron chi connectivity index (χ1n) is 13.7. The number of hydrogen-bond donors (Lipinski definition) is 3. The van der Waals surface area contributed by atoms with E-state index < -0.39 is 11.5 Å². The molecule has 0 aliphatic carbocycles. The molecule has 0 atom stereocenters. The molecule has 0 spiro atoms. The van der Waals surface area contributed by atoms with Crippen molar-refractivity contribution in [3.8, 4) is 28.3 Å². The Bertz CT molecular complexity index is 2180. The van der Waals surface area contributed by atoms with Crippen LogP contribution < -0.4 is 0 Å². The molecule has 3 N–H and O–H groups in total. The van der Waals surface area contributed by atoms with Crippen LogP contribution in [0, 0.1) is 11.3 Å². The molecule has 7 heteroatoms. The first kappa shape index (κ1) is 25.7. The SMILES string of the molecule is N#C/C(=C\c1c2nc(c(-c3ccccc3)c3ccc(cc4nc(c(-c5ccccc5)c5ccc1[nH]5)C=C4)[nH]3)C=C2)C(=O)O. The Balaban J connectivity index is 1.66. The summed E-state index contributed by atoms with van der Waals surface area (Å²) in [6.45, 7) is 0.